The summed E-state index contributed by atoms with van der Waals surface area (Å²) in [5, 5.41) is 10.4. The lowest BCUT2D eigenvalue weighted by atomic mass is 10.2. The summed E-state index contributed by atoms with van der Waals surface area (Å²) in [5.41, 5.74) is -1.27. The summed E-state index contributed by atoms with van der Waals surface area (Å²) in [5.74, 6) is 0. The number of hydrogen-bond donors (Lipinski definition) is 0. The van der Waals surface area contributed by atoms with Crippen LogP contribution < -0.4 is 0 Å². The molecular formula is C9H10ClF2NO2. The molecule has 0 aliphatic carbocycles. The summed E-state index contributed by atoms with van der Waals surface area (Å²) in [7, 11) is 0. The number of nitro groups is 1. The number of nitro benzene ring substituents is 1. The van der Waals surface area contributed by atoms with Crippen molar-refractivity contribution in [3.8, 4) is 0 Å². The van der Waals surface area contributed by atoms with Gasteiger partial charge in [-0.25, -0.2) is 8.78 Å². The minimum Gasteiger partial charge on any atom is -0.258 e. The first-order chi connectivity index (χ1) is 7.02. The number of rotatable bonds is 2. The molecule has 1 aromatic carbocycles. The average molecular weight is 238 g/mol. The first-order valence-electron chi connectivity index (χ1n) is 4.24. The molecule has 0 aliphatic rings. The number of nitrogens with zero attached hydrogens (tertiary/aromatic N) is 1. The number of hydrogen-bond acceptors (Lipinski definition) is 2. The highest BCUT2D eigenvalue weighted by Crippen LogP contribution is 2.30. The van der Waals surface area contributed by atoms with E-state index in [1.165, 1.54) is 6.07 Å². The summed E-state index contributed by atoms with van der Waals surface area (Å²) in [6.07, 6.45) is -2.86. The fourth-order valence-corrected chi connectivity index (χ4v) is 1.03. The standard InChI is InChI=1S/C7H4ClF2NO2.C2H6/c8-4-1-2-5(7(9)10)6(3-4)11(12)13;1-2/h1-3,7H;1-2H3. The van der Waals surface area contributed by atoms with Gasteiger partial charge in [-0.3, -0.25) is 10.1 Å². The molecule has 0 radical (unpaired) electrons. The van der Waals surface area contributed by atoms with Gasteiger partial charge >= 0.3 is 0 Å². The maximum Gasteiger partial charge on any atom is 0.279 e. The molecule has 0 heterocycles. The molecule has 0 N–H and O–H groups in total. The van der Waals surface area contributed by atoms with Crippen molar-refractivity contribution in [2.75, 3.05) is 0 Å². The van der Waals surface area contributed by atoms with Crippen LogP contribution in [-0.4, -0.2) is 4.92 Å². The van der Waals surface area contributed by atoms with Gasteiger partial charge in [0.25, 0.3) is 12.1 Å². The largest absolute Gasteiger partial charge is 0.279 e. The van der Waals surface area contributed by atoms with Crippen molar-refractivity contribution in [2.45, 2.75) is 20.3 Å². The quantitative estimate of drug-likeness (QED) is 0.571. The Hall–Kier alpha value is -1.23. The molecule has 0 aliphatic heterocycles. The smallest absolute Gasteiger partial charge is 0.258 e. The van der Waals surface area contributed by atoms with Gasteiger partial charge in [-0.1, -0.05) is 25.4 Å². The molecule has 0 fully saturated rings. The van der Waals surface area contributed by atoms with E-state index in [9.17, 15) is 18.9 Å². The molecule has 0 unspecified atom stereocenters. The van der Waals surface area contributed by atoms with Gasteiger partial charge in [0.2, 0.25) is 0 Å². The lowest BCUT2D eigenvalue weighted by molar-refractivity contribution is -0.386. The number of halogens is 3. The van der Waals surface area contributed by atoms with E-state index in [0.29, 0.717) is 0 Å². The van der Waals surface area contributed by atoms with Crippen molar-refractivity contribution in [3.63, 3.8) is 0 Å². The van der Waals surface area contributed by atoms with Crippen LogP contribution in [0.1, 0.15) is 25.8 Å². The number of benzene rings is 1. The van der Waals surface area contributed by atoms with Crippen LogP contribution in [0.3, 0.4) is 0 Å². The minimum absolute atomic E-state index is 0.0658. The summed E-state index contributed by atoms with van der Waals surface area (Å²) in [6.45, 7) is 4.00. The lowest BCUT2D eigenvalue weighted by Gasteiger charge is -2.00. The lowest BCUT2D eigenvalue weighted by Crippen LogP contribution is -1.95. The topological polar surface area (TPSA) is 43.1 Å². The van der Waals surface area contributed by atoms with Crippen molar-refractivity contribution in [3.05, 3.63) is 38.9 Å². The van der Waals surface area contributed by atoms with E-state index in [1.54, 1.807) is 0 Å². The monoisotopic (exact) mass is 237 g/mol. The van der Waals surface area contributed by atoms with Crippen LogP contribution in [0.15, 0.2) is 18.2 Å². The van der Waals surface area contributed by atoms with E-state index in [2.05, 4.69) is 0 Å². The summed E-state index contributed by atoms with van der Waals surface area (Å²) in [6, 6.07) is 3.05. The summed E-state index contributed by atoms with van der Waals surface area (Å²) < 4.78 is 24.3. The Kier molecular flexibility index (Phi) is 5.77. The van der Waals surface area contributed by atoms with E-state index < -0.39 is 22.6 Å². The maximum atomic E-state index is 12.2. The molecule has 3 nitrogen and oxygen atoms in total. The van der Waals surface area contributed by atoms with Gasteiger partial charge < -0.3 is 0 Å². The van der Waals surface area contributed by atoms with Crippen molar-refractivity contribution < 1.29 is 13.7 Å². The zero-order valence-corrected chi connectivity index (χ0v) is 8.96. The van der Waals surface area contributed by atoms with E-state index in [0.717, 1.165) is 12.1 Å². The molecule has 0 atom stereocenters. The van der Waals surface area contributed by atoms with Gasteiger partial charge in [0.05, 0.1) is 10.5 Å². The van der Waals surface area contributed by atoms with Crippen molar-refractivity contribution >= 4 is 17.3 Å². The van der Waals surface area contributed by atoms with Crippen molar-refractivity contribution in [2.24, 2.45) is 0 Å². The Labute approximate surface area is 90.8 Å². The van der Waals surface area contributed by atoms with Gasteiger partial charge in [-0.2, -0.15) is 0 Å². The van der Waals surface area contributed by atoms with Crippen LogP contribution in [0, 0.1) is 10.1 Å². The zero-order chi connectivity index (χ0) is 12.0. The van der Waals surface area contributed by atoms with Crippen LogP contribution in [0.4, 0.5) is 14.5 Å². The molecule has 1 rings (SSSR count). The Morgan fingerprint density at radius 3 is 2.33 bits per heavy atom. The molecule has 1 aromatic rings. The van der Waals surface area contributed by atoms with Crippen molar-refractivity contribution in [1.82, 2.24) is 0 Å². The predicted molar refractivity (Wildman–Crippen MR) is 54.4 cm³/mol. The molecule has 0 saturated carbocycles. The second kappa shape index (κ2) is 6.29. The Morgan fingerprint density at radius 1 is 1.40 bits per heavy atom. The van der Waals surface area contributed by atoms with E-state index in [4.69, 9.17) is 11.6 Å². The van der Waals surface area contributed by atoms with E-state index in [-0.39, 0.29) is 5.02 Å². The van der Waals surface area contributed by atoms with Crippen LogP contribution in [0.2, 0.25) is 5.02 Å². The molecule has 0 bridgehead atoms. The second-order valence-electron chi connectivity index (χ2n) is 2.26. The van der Waals surface area contributed by atoms with E-state index >= 15 is 0 Å². The average Bonchev–Trinajstić information content (AvgIpc) is 2.20. The van der Waals surface area contributed by atoms with Gasteiger partial charge in [0, 0.05) is 11.1 Å². The van der Waals surface area contributed by atoms with Gasteiger partial charge in [-0.05, 0) is 12.1 Å². The Bertz CT molecular complexity index is 345. The molecule has 6 heteroatoms. The fraction of sp³-hybridized carbons (Fsp3) is 0.333. The third-order valence-electron chi connectivity index (χ3n) is 1.42. The number of alkyl halides is 2. The van der Waals surface area contributed by atoms with Crippen LogP contribution in [-0.2, 0) is 0 Å². The molecule has 0 saturated heterocycles. The van der Waals surface area contributed by atoms with Crippen molar-refractivity contribution in [1.29, 1.82) is 0 Å². The third kappa shape index (κ3) is 3.79. The highest BCUT2D eigenvalue weighted by atomic mass is 35.5. The molecule has 84 valence electrons. The third-order valence-corrected chi connectivity index (χ3v) is 1.66. The summed E-state index contributed by atoms with van der Waals surface area (Å²) in [4.78, 5) is 9.41. The fourth-order valence-electron chi connectivity index (χ4n) is 0.859. The summed E-state index contributed by atoms with van der Waals surface area (Å²) >= 11 is 5.42. The molecule has 0 aromatic heterocycles. The van der Waals surface area contributed by atoms with Gasteiger partial charge in [0.1, 0.15) is 0 Å². The normalized spacial score (nSPS) is 9.47. The van der Waals surface area contributed by atoms with Gasteiger partial charge in [0.15, 0.2) is 0 Å². The Balaban J connectivity index is 0.000000921. The highest BCUT2D eigenvalue weighted by Gasteiger charge is 2.21. The molecule has 15 heavy (non-hydrogen) atoms. The molecule has 0 spiro atoms. The second-order valence-corrected chi connectivity index (χ2v) is 2.70. The first-order valence-corrected chi connectivity index (χ1v) is 4.62. The van der Waals surface area contributed by atoms with Crippen LogP contribution in [0.25, 0.3) is 0 Å². The van der Waals surface area contributed by atoms with E-state index in [1.807, 2.05) is 13.8 Å². The van der Waals surface area contributed by atoms with Gasteiger partial charge in [-0.15, -0.1) is 0 Å². The minimum atomic E-state index is -2.86. The maximum absolute atomic E-state index is 12.2. The SMILES string of the molecule is CC.O=[N+]([O-])c1cc(Cl)ccc1C(F)F. The predicted octanol–water partition coefficient (Wildman–Crippen LogP) is 4.21. The molecular weight excluding hydrogens is 228 g/mol. The van der Waals surface area contributed by atoms with Crippen LogP contribution >= 0.6 is 11.6 Å². The first kappa shape index (κ1) is 13.8. The Morgan fingerprint density at radius 2 is 1.93 bits per heavy atom. The molecule has 0 amide bonds. The highest BCUT2D eigenvalue weighted by molar-refractivity contribution is 6.30. The zero-order valence-electron chi connectivity index (χ0n) is 8.21. The van der Waals surface area contributed by atoms with Crippen LogP contribution in [0.5, 0.6) is 0 Å².